The SMILES string of the molecule is Cc1nn(-c2ccc(Br)cc2)c(Cl)c1C(C)C. The molecule has 0 unspecified atom stereocenters. The lowest BCUT2D eigenvalue weighted by Gasteiger charge is -2.05. The van der Waals surface area contributed by atoms with Crippen LogP contribution in [0, 0.1) is 6.92 Å². The van der Waals surface area contributed by atoms with E-state index in [9.17, 15) is 0 Å². The fourth-order valence-electron chi connectivity index (χ4n) is 1.92. The summed E-state index contributed by atoms with van der Waals surface area (Å²) >= 11 is 9.80. The second-order valence-corrected chi connectivity index (χ2v) is 5.61. The molecule has 0 fully saturated rings. The van der Waals surface area contributed by atoms with Crippen LogP contribution in [0.4, 0.5) is 0 Å². The fourth-order valence-corrected chi connectivity index (χ4v) is 2.68. The number of aromatic nitrogens is 2. The maximum Gasteiger partial charge on any atom is 0.136 e. The minimum atomic E-state index is 0.381. The van der Waals surface area contributed by atoms with Gasteiger partial charge in [-0.2, -0.15) is 5.10 Å². The number of rotatable bonds is 2. The topological polar surface area (TPSA) is 17.8 Å². The molecule has 0 N–H and O–H groups in total. The van der Waals surface area contributed by atoms with Gasteiger partial charge in [0.2, 0.25) is 0 Å². The first-order valence-electron chi connectivity index (χ1n) is 5.51. The molecule has 4 heteroatoms. The lowest BCUT2D eigenvalue weighted by Crippen LogP contribution is -1.96. The van der Waals surface area contributed by atoms with Crippen LogP contribution < -0.4 is 0 Å². The van der Waals surface area contributed by atoms with Crippen LogP contribution in [0.3, 0.4) is 0 Å². The Labute approximate surface area is 115 Å². The Balaban J connectivity index is 2.53. The van der Waals surface area contributed by atoms with Gasteiger partial charge in [0.05, 0.1) is 11.4 Å². The minimum absolute atomic E-state index is 0.381. The predicted octanol–water partition coefficient (Wildman–Crippen LogP) is 4.72. The molecule has 0 saturated heterocycles. The van der Waals surface area contributed by atoms with Crippen molar-refractivity contribution < 1.29 is 0 Å². The van der Waals surface area contributed by atoms with Gasteiger partial charge in [-0.3, -0.25) is 0 Å². The van der Waals surface area contributed by atoms with Gasteiger partial charge in [0.15, 0.2) is 0 Å². The summed E-state index contributed by atoms with van der Waals surface area (Å²) in [6.45, 7) is 6.25. The van der Waals surface area contributed by atoms with Crippen LogP contribution >= 0.6 is 27.5 Å². The van der Waals surface area contributed by atoms with Crippen molar-refractivity contribution in [2.45, 2.75) is 26.7 Å². The summed E-state index contributed by atoms with van der Waals surface area (Å²) in [4.78, 5) is 0. The fraction of sp³-hybridized carbons (Fsp3) is 0.308. The standard InChI is InChI=1S/C13H14BrClN2/c1-8(2)12-9(3)16-17(13(12)15)11-6-4-10(14)5-7-11/h4-8H,1-3H3. The first kappa shape index (κ1) is 12.7. The molecule has 0 amide bonds. The first-order chi connectivity index (χ1) is 8.00. The average Bonchev–Trinajstić information content (AvgIpc) is 2.55. The molecule has 2 rings (SSSR count). The Morgan fingerprint density at radius 2 is 1.82 bits per heavy atom. The number of aryl methyl sites for hydroxylation is 1. The lowest BCUT2D eigenvalue weighted by molar-refractivity contribution is 0.857. The van der Waals surface area contributed by atoms with E-state index in [-0.39, 0.29) is 0 Å². The van der Waals surface area contributed by atoms with Crippen molar-refractivity contribution in [3.05, 3.63) is 45.1 Å². The van der Waals surface area contributed by atoms with E-state index in [1.807, 2.05) is 31.2 Å². The van der Waals surface area contributed by atoms with E-state index in [1.54, 1.807) is 4.68 Å². The van der Waals surface area contributed by atoms with Crippen molar-refractivity contribution in [3.8, 4) is 5.69 Å². The molecule has 0 radical (unpaired) electrons. The molecule has 0 atom stereocenters. The normalized spacial score (nSPS) is 11.2. The molecule has 17 heavy (non-hydrogen) atoms. The van der Waals surface area contributed by atoms with Gasteiger partial charge in [0, 0.05) is 10.0 Å². The molecule has 90 valence electrons. The highest BCUT2D eigenvalue weighted by molar-refractivity contribution is 9.10. The van der Waals surface area contributed by atoms with Crippen molar-refractivity contribution in [1.82, 2.24) is 9.78 Å². The molecule has 1 aromatic heterocycles. The van der Waals surface area contributed by atoms with Crippen molar-refractivity contribution in [1.29, 1.82) is 0 Å². The highest BCUT2D eigenvalue weighted by Crippen LogP contribution is 2.29. The van der Waals surface area contributed by atoms with Crippen LogP contribution in [0.5, 0.6) is 0 Å². The van der Waals surface area contributed by atoms with Crippen molar-refractivity contribution in [3.63, 3.8) is 0 Å². The Kier molecular flexibility index (Phi) is 3.59. The third-order valence-electron chi connectivity index (χ3n) is 2.70. The molecular formula is C13H14BrClN2. The summed E-state index contributed by atoms with van der Waals surface area (Å²) in [5, 5.41) is 5.21. The van der Waals surface area contributed by atoms with E-state index in [0.717, 1.165) is 21.4 Å². The largest absolute Gasteiger partial charge is 0.222 e. The predicted molar refractivity (Wildman–Crippen MR) is 75.1 cm³/mol. The highest BCUT2D eigenvalue weighted by atomic mass is 79.9. The van der Waals surface area contributed by atoms with E-state index in [1.165, 1.54) is 0 Å². The van der Waals surface area contributed by atoms with Gasteiger partial charge in [-0.1, -0.05) is 41.4 Å². The lowest BCUT2D eigenvalue weighted by atomic mass is 10.1. The maximum atomic E-state index is 6.39. The molecule has 0 bridgehead atoms. The molecule has 0 aliphatic rings. The highest BCUT2D eigenvalue weighted by Gasteiger charge is 2.16. The van der Waals surface area contributed by atoms with Gasteiger partial charge in [0.1, 0.15) is 5.15 Å². The molecule has 2 aromatic rings. The maximum absolute atomic E-state index is 6.39. The van der Waals surface area contributed by atoms with Crippen LogP contribution in [-0.2, 0) is 0 Å². The van der Waals surface area contributed by atoms with Crippen molar-refractivity contribution >= 4 is 27.5 Å². The molecule has 0 aliphatic heterocycles. The number of hydrogen-bond donors (Lipinski definition) is 0. The third kappa shape index (κ3) is 2.40. The number of halogens is 2. The van der Waals surface area contributed by atoms with Crippen LogP contribution in [0.15, 0.2) is 28.7 Å². The van der Waals surface area contributed by atoms with Crippen LogP contribution in [0.1, 0.15) is 31.0 Å². The second-order valence-electron chi connectivity index (χ2n) is 4.33. The number of hydrogen-bond acceptors (Lipinski definition) is 1. The van der Waals surface area contributed by atoms with Gasteiger partial charge in [-0.15, -0.1) is 0 Å². The summed E-state index contributed by atoms with van der Waals surface area (Å²) in [5.74, 6) is 0.381. The smallest absolute Gasteiger partial charge is 0.136 e. The van der Waals surface area contributed by atoms with Crippen molar-refractivity contribution in [2.75, 3.05) is 0 Å². The van der Waals surface area contributed by atoms with Crippen molar-refractivity contribution in [2.24, 2.45) is 0 Å². The summed E-state index contributed by atoms with van der Waals surface area (Å²) in [6, 6.07) is 7.95. The first-order valence-corrected chi connectivity index (χ1v) is 6.68. The average molecular weight is 314 g/mol. The minimum Gasteiger partial charge on any atom is -0.222 e. The molecule has 0 saturated carbocycles. The van der Waals surface area contributed by atoms with Gasteiger partial charge in [0.25, 0.3) is 0 Å². The molecule has 0 spiro atoms. The Hall–Kier alpha value is -0.800. The van der Waals surface area contributed by atoms with E-state index in [4.69, 9.17) is 11.6 Å². The van der Waals surface area contributed by atoms with E-state index in [0.29, 0.717) is 11.1 Å². The summed E-state index contributed by atoms with van der Waals surface area (Å²) < 4.78 is 2.84. The Morgan fingerprint density at radius 3 is 2.29 bits per heavy atom. The van der Waals surface area contributed by atoms with E-state index < -0.39 is 0 Å². The Morgan fingerprint density at radius 1 is 1.24 bits per heavy atom. The number of nitrogens with zero attached hydrogens (tertiary/aromatic N) is 2. The van der Waals surface area contributed by atoms with E-state index in [2.05, 4.69) is 34.9 Å². The monoisotopic (exact) mass is 312 g/mol. The second kappa shape index (κ2) is 4.83. The molecule has 2 nitrogen and oxygen atoms in total. The van der Waals surface area contributed by atoms with Crippen LogP contribution in [-0.4, -0.2) is 9.78 Å². The number of benzene rings is 1. The summed E-state index contributed by atoms with van der Waals surface area (Å²) in [7, 11) is 0. The molecule has 1 aromatic carbocycles. The van der Waals surface area contributed by atoms with Gasteiger partial charge < -0.3 is 0 Å². The molecular weight excluding hydrogens is 300 g/mol. The zero-order valence-electron chi connectivity index (χ0n) is 10.0. The zero-order chi connectivity index (χ0) is 12.6. The quantitative estimate of drug-likeness (QED) is 0.784. The van der Waals surface area contributed by atoms with Crippen LogP contribution in [0.2, 0.25) is 5.15 Å². The van der Waals surface area contributed by atoms with Gasteiger partial charge in [-0.05, 0) is 37.1 Å². The molecule has 1 heterocycles. The van der Waals surface area contributed by atoms with Gasteiger partial charge >= 0.3 is 0 Å². The third-order valence-corrected chi connectivity index (χ3v) is 3.59. The van der Waals surface area contributed by atoms with Gasteiger partial charge in [-0.25, -0.2) is 4.68 Å². The zero-order valence-corrected chi connectivity index (χ0v) is 12.4. The Bertz CT molecular complexity index is 529. The van der Waals surface area contributed by atoms with Crippen LogP contribution in [0.25, 0.3) is 5.69 Å². The van der Waals surface area contributed by atoms with E-state index >= 15 is 0 Å². The molecule has 0 aliphatic carbocycles. The summed E-state index contributed by atoms with van der Waals surface area (Å²) in [5.41, 5.74) is 3.09. The summed E-state index contributed by atoms with van der Waals surface area (Å²) in [6.07, 6.45) is 0.